The zero-order valence-corrected chi connectivity index (χ0v) is 8.53. The van der Waals surface area contributed by atoms with E-state index < -0.39 is 0 Å². The first-order valence-electron chi connectivity index (χ1n) is 5.02. The summed E-state index contributed by atoms with van der Waals surface area (Å²) in [6.07, 6.45) is 2.87. The first kappa shape index (κ1) is 11.0. The summed E-state index contributed by atoms with van der Waals surface area (Å²) >= 11 is 0. The molecule has 1 aliphatic heterocycles. The summed E-state index contributed by atoms with van der Waals surface area (Å²) in [6.45, 7) is 3.51. The molecule has 1 aliphatic rings. The van der Waals surface area contributed by atoms with Gasteiger partial charge < -0.3 is 14.6 Å². The Morgan fingerprint density at radius 1 is 1.62 bits per heavy atom. The molecule has 3 unspecified atom stereocenters. The van der Waals surface area contributed by atoms with Crippen LogP contribution in [-0.4, -0.2) is 37.6 Å². The Labute approximate surface area is 80.0 Å². The number of aliphatic hydroxyl groups is 1. The number of methoxy groups -OCH3 is 1. The van der Waals surface area contributed by atoms with Crippen LogP contribution in [0.5, 0.6) is 0 Å². The summed E-state index contributed by atoms with van der Waals surface area (Å²) in [5.74, 6) is 0.340. The van der Waals surface area contributed by atoms with Crippen molar-refractivity contribution in [2.24, 2.45) is 5.92 Å². The highest BCUT2D eigenvalue weighted by Crippen LogP contribution is 2.24. The molecule has 3 nitrogen and oxygen atoms in total. The van der Waals surface area contributed by atoms with Gasteiger partial charge in [0.1, 0.15) is 0 Å². The van der Waals surface area contributed by atoms with Crippen LogP contribution in [0.2, 0.25) is 0 Å². The molecule has 0 spiro atoms. The van der Waals surface area contributed by atoms with Gasteiger partial charge in [0.05, 0.1) is 18.8 Å². The van der Waals surface area contributed by atoms with Crippen molar-refractivity contribution in [1.82, 2.24) is 0 Å². The molecule has 3 heteroatoms. The summed E-state index contributed by atoms with van der Waals surface area (Å²) in [5.41, 5.74) is 0. The standard InChI is InChI=1S/C10H20O3/c1-8-6-9(7-13-8)10(11)4-3-5-12-2/h8-11H,3-7H2,1-2H3. The summed E-state index contributed by atoms with van der Waals surface area (Å²) in [7, 11) is 1.69. The van der Waals surface area contributed by atoms with Crippen LogP contribution in [0.1, 0.15) is 26.2 Å². The Morgan fingerprint density at radius 3 is 2.92 bits per heavy atom. The molecular formula is C10H20O3. The SMILES string of the molecule is COCCCC(O)C1COC(C)C1. The second-order valence-corrected chi connectivity index (χ2v) is 3.84. The monoisotopic (exact) mass is 188 g/mol. The third-order valence-electron chi connectivity index (χ3n) is 2.62. The largest absolute Gasteiger partial charge is 0.393 e. The molecule has 3 atom stereocenters. The van der Waals surface area contributed by atoms with E-state index in [9.17, 15) is 5.11 Å². The fourth-order valence-electron chi connectivity index (χ4n) is 1.79. The van der Waals surface area contributed by atoms with E-state index in [1.807, 2.05) is 0 Å². The number of hydrogen-bond acceptors (Lipinski definition) is 3. The van der Waals surface area contributed by atoms with E-state index in [-0.39, 0.29) is 6.10 Å². The van der Waals surface area contributed by atoms with Gasteiger partial charge in [-0.25, -0.2) is 0 Å². The van der Waals surface area contributed by atoms with E-state index in [1.54, 1.807) is 7.11 Å². The van der Waals surface area contributed by atoms with Gasteiger partial charge in [-0.15, -0.1) is 0 Å². The molecule has 1 rings (SSSR count). The van der Waals surface area contributed by atoms with Crippen LogP contribution in [0.15, 0.2) is 0 Å². The molecule has 0 radical (unpaired) electrons. The fourth-order valence-corrected chi connectivity index (χ4v) is 1.79. The third-order valence-corrected chi connectivity index (χ3v) is 2.62. The Bertz CT molecular complexity index is 138. The van der Waals surface area contributed by atoms with Crippen molar-refractivity contribution in [2.45, 2.75) is 38.4 Å². The van der Waals surface area contributed by atoms with E-state index in [0.29, 0.717) is 12.0 Å². The van der Waals surface area contributed by atoms with Gasteiger partial charge in [-0.3, -0.25) is 0 Å². The maximum Gasteiger partial charge on any atom is 0.0592 e. The van der Waals surface area contributed by atoms with Crippen LogP contribution in [-0.2, 0) is 9.47 Å². The average Bonchev–Trinajstić information content (AvgIpc) is 2.52. The van der Waals surface area contributed by atoms with Crippen LogP contribution in [0.25, 0.3) is 0 Å². The molecule has 0 amide bonds. The number of ether oxygens (including phenoxy) is 2. The van der Waals surface area contributed by atoms with E-state index >= 15 is 0 Å². The molecule has 78 valence electrons. The Morgan fingerprint density at radius 2 is 2.38 bits per heavy atom. The quantitative estimate of drug-likeness (QED) is 0.659. The van der Waals surface area contributed by atoms with Gasteiger partial charge in [0.2, 0.25) is 0 Å². The second-order valence-electron chi connectivity index (χ2n) is 3.84. The maximum atomic E-state index is 9.76. The molecule has 0 aromatic carbocycles. The highest BCUT2D eigenvalue weighted by molar-refractivity contribution is 4.76. The normalized spacial score (nSPS) is 30.7. The van der Waals surface area contributed by atoms with Crippen molar-refractivity contribution in [3.8, 4) is 0 Å². The van der Waals surface area contributed by atoms with Crippen molar-refractivity contribution in [1.29, 1.82) is 0 Å². The smallest absolute Gasteiger partial charge is 0.0592 e. The maximum absolute atomic E-state index is 9.76. The molecule has 0 aromatic rings. The molecule has 0 bridgehead atoms. The zero-order chi connectivity index (χ0) is 9.68. The average molecular weight is 188 g/mol. The van der Waals surface area contributed by atoms with Gasteiger partial charge in [0.15, 0.2) is 0 Å². The molecule has 0 aliphatic carbocycles. The molecule has 0 saturated carbocycles. The van der Waals surface area contributed by atoms with Gasteiger partial charge in [-0.1, -0.05) is 0 Å². The van der Waals surface area contributed by atoms with E-state index in [0.717, 1.165) is 32.5 Å². The van der Waals surface area contributed by atoms with E-state index in [4.69, 9.17) is 9.47 Å². The summed E-state index contributed by atoms with van der Waals surface area (Å²) in [4.78, 5) is 0. The van der Waals surface area contributed by atoms with Gasteiger partial charge in [0.25, 0.3) is 0 Å². The van der Waals surface area contributed by atoms with E-state index in [1.165, 1.54) is 0 Å². The van der Waals surface area contributed by atoms with Gasteiger partial charge in [-0.05, 0) is 26.2 Å². The zero-order valence-electron chi connectivity index (χ0n) is 8.53. The Hall–Kier alpha value is -0.120. The molecule has 1 heterocycles. The van der Waals surface area contributed by atoms with Crippen molar-refractivity contribution < 1.29 is 14.6 Å². The molecule has 0 aromatic heterocycles. The minimum Gasteiger partial charge on any atom is -0.393 e. The lowest BCUT2D eigenvalue weighted by molar-refractivity contribution is 0.0681. The fraction of sp³-hybridized carbons (Fsp3) is 1.00. The topological polar surface area (TPSA) is 38.7 Å². The predicted octanol–water partition coefficient (Wildman–Crippen LogP) is 1.20. The minimum absolute atomic E-state index is 0.208. The van der Waals surface area contributed by atoms with Crippen molar-refractivity contribution in [3.05, 3.63) is 0 Å². The van der Waals surface area contributed by atoms with Crippen LogP contribution < -0.4 is 0 Å². The van der Waals surface area contributed by atoms with Crippen LogP contribution in [0.4, 0.5) is 0 Å². The lowest BCUT2D eigenvalue weighted by Gasteiger charge is -2.15. The summed E-state index contributed by atoms with van der Waals surface area (Å²) in [6, 6.07) is 0. The molecule has 1 fully saturated rings. The second kappa shape index (κ2) is 5.58. The van der Waals surface area contributed by atoms with Gasteiger partial charge in [-0.2, -0.15) is 0 Å². The third kappa shape index (κ3) is 3.63. The van der Waals surface area contributed by atoms with Crippen LogP contribution in [0.3, 0.4) is 0 Å². The van der Waals surface area contributed by atoms with Crippen molar-refractivity contribution in [3.63, 3.8) is 0 Å². The lowest BCUT2D eigenvalue weighted by atomic mass is 9.96. The highest BCUT2D eigenvalue weighted by Gasteiger charge is 2.27. The Balaban J connectivity index is 2.12. The van der Waals surface area contributed by atoms with Crippen LogP contribution in [0, 0.1) is 5.92 Å². The number of aliphatic hydroxyl groups excluding tert-OH is 1. The minimum atomic E-state index is -0.208. The lowest BCUT2D eigenvalue weighted by Crippen LogP contribution is -2.21. The van der Waals surface area contributed by atoms with Crippen LogP contribution >= 0.6 is 0 Å². The summed E-state index contributed by atoms with van der Waals surface area (Å²) < 4.78 is 10.3. The van der Waals surface area contributed by atoms with Gasteiger partial charge >= 0.3 is 0 Å². The molecule has 1 N–H and O–H groups in total. The highest BCUT2D eigenvalue weighted by atomic mass is 16.5. The number of hydrogen-bond donors (Lipinski definition) is 1. The summed E-state index contributed by atoms with van der Waals surface area (Å²) in [5, 5.41) is 9.76. The molecular weight excluding hydrogens is 168 g/mol. The van der Waals surface area contributed by atoms with E-state index in [2.05, 4.69) is 6.92 Å². The first-order valence-corrected chi connectivity index (χ1v) is 5.02. The predicted molar refractivity (Wildman–Crippen MR) is 50.6 cm³/mol. The van der Waals surface area contributed by atoms with Crippen molar-refractivity contribution in [2.75, 3.05) is 20.3 Å². The first-order chi connectivity index (χ1) is 6.24. The van der Waals surface area contributed by atoms with Gasteiger partial charge in [0, 0.05) is 19.6 Å². The Kier molecular flexibility index (Phi) is 4.70. The number of rotatable bonds is 5. The molecule has 13 heavy (non-hydrogen) atoms. The van der Waals surface area contributed by atoms with Crippen molar-refractivity contribution >= 4 is 0 Å². The molecule has 1 saturated heterocycles.